The van der Waals surface area contributed by atoms with E-state index in [4.69, 9.17) is 9.26 Å². The van der Waals surface area contributed by atoms with Crippen molar-refractivity contribution in [1.82, 2.24) is 25.8 Å². The number of ether oxygens (including phenoxy) is 1. The standard InChI is InChI=1S/C14H17N5O3/c1-21-11-5-4-9(7-16-11)13-18-12(22-19-13)8-17-14(20)10-3-2-6-15-10/h4-5,7,10,15H,2-3,6,8H2,1H3,(H,17,20). The molecule has 1 atom stereocenters. The van der Waals surface area contributed by atoms with Crippen LogP contribution >= 0.6 is 0 Å². The third-order valence-corrected chi connectivity index (χ3v) is 3.46. The Bertz CT molecular complexity index is 634. The van der Waals surface area contributed by atoms with Gasteiger partial charge in [-0.15, -0.1) is 0 Å². The van der Waals surface area contributed by atoms with E-state index in [0.29, 0.717) is 17.6 Å². The summed E-state index contributed by atoms with van der Waals surface area (Å²) in [7, 11) is 1.55. The fraction of sp³-hybridized carbons (Fsp3) is 0.429. The number of methoxy groups -OCH3 is 1. The van der Waals surface area contributed by atoms with E-state index in [1.54, 1.807) is 25.4 Å². The number of aromatic nitrogens is 3. The summed E-state index contributed by atoms with van der Waals surface area (Å²) in [5.41, 5.74) is 0.722. The second-order valence-electron chi connectivity index (χ2n) is 4.97. The largest absolute Gasteiger partial charge is 0.481 e. The fourth-order valence-electron chi connectivity index (χ4n) is 2.27. The number of nitrogens with one attached hydrogen (secondary N) is 2. The van der Waals surface area contributed by atoms with Gasteiger partial charge in [0.05, 0.1) is 19.7 Å². The smallest absolute Gasteiger partial charge is 0.246 e. The van der Waals surface area contributed by atoms with Gasteiger partial charge < -0.3 is 19.9 Å². The second-order valence-corrected chi connectivity index (χ2v) is 4.97. The van der Waals surface area contributed by atoms with Gasteiger partial charge in [0.1, 0.15) is 0 Å². The van der Waals surface area contributed by atoms with E-state index in [1.807, 2.05) is 0 Å². The van der Waals surface area contributed by atoms with E-state index in [1.165, 1.54) is 0 Å². The van der Waals surface area contributed by atoms with Crippen molar-refractivity contribution in [2.45, 2.75) is 25.4 Å². The Kier molecular flexibility index (Phi) is 4.29. The van der Waals surface area contributed by atoms with Crippen LogP contribution in [0.3, 0.4) is 0 Å². The molecule has 0 spiro atoms. The monoisotopic (exact) mass is 303 g/mol. The van der Waals surface area contributed by atoms with Gasteiger partial charge in [0.2, 0.25) is 23.5 Å². The van der Waals surface area contributed by atoms with Gasteiger partial charge in [-0.1, -0.05) is 5.16 Å². The summed E-state index contributed by atoms with van der Waals surface area (Å²) in [4.78, 5) is 20.2. The van der Waals surface area contributed by atoms with Gasteiger partial charge in [-0.25, -0.2) is 4.98 Å². The van der Waals surface area contributed by atoms with Gasteiger partial charge in [-0.2, -0.15) is 4.98 Å². The van der Waals surface area contributed by atoms with Crippen molar-refractivity contribution < 1.29 is 14.1 Å². The molecule has 1 aliphatic rings. The Morgan fingerprint density at radius 3 is 3.14 bits per heavy atom. The zero-order chi connectivity index (χ0) is 15.4. The number of pyridine rings is 1. The topological polar surface area (TPSA) is 102 Å². The summed E-state index contributed by atoms with van der Waals surface area (Å²) in [6.45, 7) is 1.10. The maximum atomic E-state index is 11.9. The third kappa shape index (κ3) is 3.22. The summed E-state index contributed by atoms with van der Waals surface area (Å²) in [5.74, 6) is 1.27. The third-order valence-electron chi connectivity index (χ3n) is 3.46. The minimum atomic E-state index is -0.117. The maximum absolute atomic E-state index is 11.9. The van der Waals surface area contributed by atoms with Crippen molar-refractivity contribution in [3.63, 3.8) is 0 Å². The molecule has 8 heteroatoms. The second kappa shape index (κ2) is 6.52. The van der Waals surface area contributed by atoms with E-state index >= 15 is 0 Å². The Labute approximate surface area is 127 Å². The normalized spacial score (nSPS) is 17.4. The number of hydrogen-bond donors (Lipinski definition) is 2. The minimum Gasteiger partial charge on any atom is -0.481 e. The van der Waals surface area contributed by atoms with Crippen LogP contribution in [0.15, 0.2) is 22.9 Å². The lowest BCUT2D eigenvalue weighted by Gasteiger charge is -2.08. The average molecular weight is 303 g/mol. The number of nitrogens with zero attached hydrogens (tertiary/aromatic N) is 3. The highest BCUT2D eigenvalue weighted by molar-refractivity contribution is 5.81. The van der Waals surface area contributed by atoms with Crippen LogP contribution in [-0.2, 0) is 11.3 Å². The van der Waals surface area contributed by atoms with E-state index in [2.05, 4.69) is 25.8 Å². The lowest BCUT2D eigenvalue weighted by atomic mass is 10.2. The molecule has 22 heavy (non-hydrogen) atoms. The van der Waals surface area contributed by atoms with Gasteiger partial charge in [0, 0.05) is 17.8 Å². The molecule has 0 saturated carbocycles. The van der Waals surface area contributed by atoms with Gasteiger partial charge >= 0.3 is 0 Å². The molecule has 3 rings (SSSR count). The van der Waals surface area contributed by atoms with Gasteiger partial charge in [-0.05, 0) is 25.5 Å². The van der Waals surface area contributed by atoms with Crippen LogP contribution in [0, 0.1) is 0 Å². The van der Waals surface area contributed by atoms with Crippen molar-refractivity contribution in [1.29, 1.82) is 0 Å². The Morgan fingerprint density at radius 2 is 2.45 bits per heavy atom. The predicted molar refractivity (Wildman–Crippen MR) is 77.0 cm³/mol. The Balaban J connectivity index is 1.59. The quantitative estimate of drug-likeness (QED) is 0.829. The molecule has 2 N–H and O–H groups in total. The molecule has 1 amide bonds. The van der Waals surface area contributed by atoms with Crippen LogP contribution in [0.25, 0.3) is 11.4 Å². The van der Waals surface area contributed by atoms with E-state index in [9.17, 15) is 4.79 Å². The van der Waals surface area contributed by atoms with E-state index in [0.717, 1.165) is 24.9 Å². The van der Waals surface area contributed by atoms with Crippen molar-refractivity contribution in [3.05, 3.63) is 24.2 Å². The highest BCUT2D eigenvalue weighted by Gasteiger charge is 2.22. The molecule has 1 saturated heterocycles. The van der Waals surface area contributed by atoms with Crippen molar-refractivity contribution in [3.8, 4) is 17.3 Å². The zero-order valence-corrected chi connectivity index (χ0v) is 12.2. The Morgan fingerprint density at radius 1 is 1.55 bits per heavy atom. The highest BCUT2D eigenvalue weighted by Crippen LogP contribution is 2.17. The highest BCUT2D eigenvalue weighted by atomic mass is 16.5. The fourth-order valence-corrected chi connectivity index (χ4v) is 2.27. The van der Waals surface area contributed by atoms with Crippen LogP contribution in [0.5, 0.6) is 5.88 Å². The first kappa shape index (κ1) is 14.5. The summed E-state index contributed by atoms with van der Waals surface area (Å²) >= 11 is 0. The molecule has 0 bridgehead atoms. The lowest BCUT2D eigenvalue weighted by Crippen LogP contribution is -2.40. The van der Waals surface area contributed by atoms with Crippen LogP contribution in [0.1, 0.15) is 18.7 Å². The van der Waals surface area contributed by atoms with Crippen LogP contribution in [0.2, 0.25) is 0 Å². The average Bonchev–Trinajstić information content (AvgIpc) is 3.24. The molecule has 1 unspecified atom stereocenters. The first-order chi connectivity index (χ1) is 10.8. The van der Waals surface area contributed by atoms with Crippen LogP contribution < -0.4 is 15.4 Å². The number of hydrogen-bond acceptors (Lipinski definition) is 7. The van der Waals surface area contributed by atoms with Crippen molar-refractivity contribution in [2.75, 3.05) is 13.7 Å². The number of amides is 1. The van der Waals surface area contributed by atoms with Gasteiger partial charge in [-0.3, -0.25) is 4.79 Å². The van der Waals surface area contributed by atoms with Crippen molar-refractivity contribution >= 4 is 5.91 Å². The van der Waals surface area contributed by atoms with E-state index < -0.39 is 0 Å². The van der Waals surface area contributed by atoms with Gasteiger partial charge in [0.25, 0.3) is 0 Å². The van der Waals surface area contributed by atoms with Gasteiger partial charge in [0.15, 0.2) is 0 Å². The number of carbonyl (C=O) groups excluding carboxylic acids is 1. The molecule has 116 valence electrons. The molecule has 0 aliphatic carbocycles. The van der Waals surface area contributed by atoms with E-state index in [-0.39, 0.29) is 18.5 Å². The first-order valence-corrected chi connectivity index (χ1v) is 7.10. The summed E-state index contributed by atoms with van der Waals surface area (Å²) < 4.78 is 10.1. The van der Waals surface area contributed by atoms with Crippen molar-refractivity contribution in [2.24, 2.45) is 0 Å². The molecular weight excluding hydrogens is 286 g/mol. The predicted octanol–water partition coefficient (Wildman–Crippen LogP) is 0.508. The summed E-state index contributed by atoms with van der Waals surface area (Å²) in [5, 5.41) is 9.81. The molecule has 0 aromatic carbocycles. The minimum absolute atomic E-state index is 0.0386. The molecule has 3 heterocycles. The molecular formula is C14H17N5O3. The summed E-state index contributed by atoms with van der Waals surface area (Å²) in [6, 6.07) is 3.40. The molecule has 2 aromatic rings. The zero-order valence-electron chi connectivity index (χ0n) is 12.2. The van der Waals surface area contributed by atoms with Crippen LogP contribution in [0.4, 0.5) is 0 Å². The molecule has 1 fully saturated rings. The Hall–Kier alpha value is -2.48. The number of rotatable bonds is 5. The lowest BCUT2D eigenvalue weighted by molar-refractivity contribution is -0.123. The molecule has 0 radical (unpaired) electrons. The first-order valence-electron chi connectivity index (χ1n) is 7.10. The SMILES string of the molecule is COc1ccc(-c2noc(CNC(=O)C3CCCN3)n2)cn1. The maximum Gasteiger partial charge on any atom is 0.246 e. The summed E-state index contributed by atoms with van der Waals surface area (Å²) in [6.07, 6.45) is 3.49. The molecule has 1 aliphatic heterocycles. The van der Waals surface area contributed by atoms with Crippen LogP contribution in [-0.4, -0.2) is 40.7 Å². The molecule has 2 aromatic heterocycles. The molecule has 8 nitrogen and oxygen atoms in total. The number of carbonyl (C=O) groups is 1.